The predicted octanol–water partition coefficient (Wildman–Crippen LogP) is 4.13. The van der Waals surface area contributed by atoms with Crippen molar-refractivity contribution in [1.29, 1.82) is 0 Å². The van der Waals surface area contributed by atoms with Crippen LogP contribution in [0, 0.1) is 0 Å². The van der Waals surface area contributed by atoms with Gasteiger partial charge in [-0.3, -0.25) is 0 Å². The van der Waals surface area contributed by atoms with E-state index in [0.717, 1.165) is 19.2 Å². The molecule has 0 saturated heterocycles. The van der Waals surface area contributed by atoms with E-state index in [0.29, 0.717) is 6.07 Å². The van der Waals surface area contributed by atoms with Crippen molar-refractivity contribution in [2.24, 2.45) is 0 Å². The minimum atomic E-state index is -9.87. The van der Waals surface area contributed by atoms with Gasteiger partial charge in [0.15, 0.2) is 0 Å². The quantitative estimate of drug-likeness (QED) is 0.591. The number of hydrogen-bond acceptors (Lipinski definition) is 2. The average Bonchev–Trinajstić information content (AvgIpc) is 2.13. The fourth-order valence-corrected chi connectivity index (χ4v) is 1.98. The van der Waals surface area contributed by atoms with Gasteiger partial charge in [0.2, 0.25) is 0 Å². The third-order valence-corrected chi connectivity index (χ3v) is 2.90. The first kappa shape index (κ1) is 12.8. The summed E-state index contributed by atoms with van der Waals surface area (Å²) in [5.74, 6) is -1.45. The lowest BCUT2D eigenvalue weighted by Crippen LogP contribution is -2.13. The van der Waals surface area contributed by atoms with E-state index in [1.165, 1.54) is 0 Å². The van der Waals surface area contributed by atoms with E-state index < -0.39 is 26.7 Å². The fourth-order valence-electron chi connectivity index (χ4n) is 1.08. The largest absolute Gasteiger partial charge is 0.465 e. The normalized spacial score (nSPS) is 16.1. The maximum Gasteiger partial charge on any atom is 0.339 e. The van der Waals surface area contributed by atoms with Crippen LogP contribution in [0.2, 0.25) is 0 Å². The minimum Gasteiger partial charge on any atom is -0.465 e. The smallest absolute Gasteiger partial charge is 0.339 e. The summed E-state index contributed by atoms with van der Waals surface area (Å²) >= 11 is 0. The zero-order valence-electron chi connectivity index (χ0n) is 7.92. The molecule has 0 unspecified atom stereocenters. The molecule has 1 aromatic rings. The third kappa shape index (κ3) is 2.63. The summed E-state index contributed by atoms with van der Waals surface area (Å²) in [5.41, 5.74) is -1.19. The number of rotatable bonds is 2. The van der Waals surface area contributed by atoms with Crippen LogP contribution in [-0.2, 0) is 4.74 Å². The van der Waals surface area contributed by atoms with Crippen LogP contribution in [0.4, 0.5) is 19.4 Å². The zero-order chi connectivity index (χ0) is 12.7. The van der Waals surface area contributed by atoms with E-state index in [2.05, 4.69) is 4.74 Å². The van der Waals surface area contributed by atoms with E-state index >= 15 is 0 Å². The molecule has 0 aliphatic carbocycles. The van der Waals surface area contributed by atoms with Gasteiger partial charge in [0.05, 0.1) is 12.7 Å². The second-order valence-corrected chi connectivity index (χ2v) is 5.33. The molecule has 0 aliphatic heterocycles. The molecule has 0 atom stereocenters. The van der Waals surface area contributed by atoms with Crippen molar-refractivity contribution in [1.82, 2.24) is 0 Å². The zero-order valence-corrected chi connectivity index (χ0v) is 8.74. The van der Waals surface area contributed by atoms with Crippen molar-refractivity contribution in [3.63, 3.8) is 0 Å². The first-order chi connectivity index (χ1) is 6.95. The standard InChI is InChI=1S/C8H7F5O2S/c1-15-8(14)6-4-2-3-5-7(6)16(9,10,11,12)13/h2-5H,1H3. The van der Waals surface area contributed by atoms with E-state index in [9.17, 15) is 24.2 Å². The second-order valence-electron chi connectivity index (χ2n) is 2.96. The number of methoxy groups -OCH3 is 1. The molecule has 1 rings (SSSR count). The van der Waals surface area contributed by atoms with Crippen LogP contribution < -0.4 is 0 Å². The van der Waals surface area contributed by atoms with Crippen molar-refractivity contribution in [3.8, 4) is 0 Å². The Morgan fingerprint density at radius 1 is 1.12 bits per heavy atom. The van der Waals surface area contributed by atoms with Crippen molar-refractivity contribution < 1.29 is 29.0 Å². The van der Waals surface area contributed by atoms with E-state index in [1.54, 1.807) is 0 Å². The Morgan fingerprint density at radius 3 is 2.06 bits per heavy atom. The first-order valence-electron chi connectivity index (χ1n) is 3.87. The predicted molar refractivity (Wildman–Crippen MR) is 49.2 cm³/mol. The highest BCUT2D eigenvalue weighted by Gasteiger charge is 2.67. The molecule has 0 radical (unpaired) electrons. The number of halogens is 5. The summed E-state index contributed by atoms with van der Waals surface area (Å²) in [6.45, 7) is 0. The van der Waals surface area contributed by atoms with Crippen LogP contribution >= 0.6 is 10.2 Å². The molecule has 8 heteroatoms. The maximum absolute atomic E-state index is 12.5. The van der Waals surface area contributed by atoms with Crippen molar-refractivity contribution >= 4 is 16.2 Å². The Kier molecular flexibility index (Phi) is 2.29. The topological polar surface area (TPSA) is 26.3 Å². The molecule has 0 bridgehead atoms. The van der Waals surface area contributed by atoms with Gasteiger partial charge in [-0.25, -0.2) is 4.79 Å². The molecule has 0 N–H and O–H groups in total. The number of ether oxygens (including phenoxy) is 1. The summed E-state index contributed by atoms with van der Waals surface area (Å²) in [7, 11) is -9.06. The van der Waals surface area contributed by atoms with Crippen LogP contribution in [0.5, 0.6) is 0 Å². The summed E-state index contributed by atoms with van der Waals surface area (Å²) in [6, 6.07) is 2.62. The summed E-state index contributed by atoms with van der Waals surface area (Å²) < 4.78 is 66.5. The highest BCUT2D eigenvalue weighted by Crippen LogP contribution is 3.02. The van der Waals surface area contributed by atoms with Gasteiger partial charge in [-0.05, 0) is 12.1 Å². The molecule has 0 aliphatic rings. The fraction of sp³-hybridized carbons (Fsp3) is 0.125. The summed E-state index contributed by atoms with van der Waals surface area (Å²) in [4.78, 5) is 8.70. The maximum atomic E-state index is 12.5. The van der Waals surface area contributed by atoms with Crippen molar-refractivity contribution in [2.75, 3.05) is 7.11 Å². The number of benzene rings is 1. The molecule has 2 nitrogen and oxygen atoms in total. The van der Waals surface area contributed by atoms with Gasteiger partial charge < -0.3 is 4.74 Å². The molecular formula is C8H7F5O2S. The van der Waals surface area contributed by atoms with Gasteiger partial charge in [-0.1, -0.05) is 31.6 Å². The molecule has 16 heavy (non-hydrogen) atoms. The Labute approximate surface area is 87.7 Å². The lowest BCUT2D eigenvalue weighted by atomic mass is 10.2. The minimum absolute atomic E-state index is 0.161. The highest BCUT2D eigenvalue weighted by atomic mass is 32.5. The molecule has 0 fully saturated rings. The second kappa shape index (κ2) is 2.88. The average molecular weight is 262 g/mol. The third-order valence-electron chi connectivity index (χ3n) is 1.71. The van der Waals surface area contributed by atoms with Gasteiger partial charge in [-0.2, -0.15) is 0 Å². The number of carbonyl (C=O) groups excluding carboxylic acids is 1. The molecule has 0 spiro atoms. The van der Waals surface area contributed by atoms with Crippen LogP contribution in [0.15, 0.2) is 29.2 Å². The van der Waals surface area contributed by atoms with Crippen LogP contribution in [0.1, 0.15) is 10.4 Å². The van der Waals surface area contributed by atoms with Crippen molar-refractivity contribution in [3.05, 3.63) is 29.8 Å². The van der Waals surface area contributed by atoms with Gasteiger partial charge in [0.1, 0.15) is 4.90 Å². The monoisotopic (exact) mass is 262 g/mol. The molecule has 0 amide bonds. The summed E-state index contributed by atoms with van der Waals surface area (Å²) in [6.07, 6.45) is 0. The lowest BCUT2D eigenvalue weighted by Gasteiger charge is -2.41. The number of esters is 1. The first-order valence-corrected chi connectivity index (χ1v) is 5.82. The van der Waals surface area contributed by atoms with Crippen LogP contribution in [-0.4, -0.2) is 13.1 Å². The Bertz CT molecular complexity index is 438. The van der Waals surface area contributed by atoms with E-state index in [1.807, 2.05) is 0 Å². The Hall–Kier alpha value is -1.31. The SMILES string of the molecule is COC(=O)c1ccccc1S(F)(F)(F)(F)F. The highest BCUT2D eigenvalue weighted by molar-refractivity contribution is 8.45. The van der Waals surface area contributed by atoms with Crippen LogP contribution in [0.25, 0.3) is 0 Å². The van der Waals surface area contributed by atoms with Gasteiger partial charge in [0.25, 0.3) is 0 Å². The van der Waals surface area contributed by atoms with Crippen molar-refractivity contribution in [2.45, 2.75) is 4.90 Å². The molecular weight excluding hydrogens is 255 g/mol. The van der Waals surface area contributed by atoms with Gasteiger partial charge in [0, 0.05) is 0 Å². The molecule has 0 saturated carbocycles. The molecule has 0 heterocycles. The molecule has 0 aromatic heterocycles. The van der Waals surface area contributed by atoms with Gasteiger partial charge in [-0.15, -0.1) is 0 Å². The summed E-state index contributed by atoms with van der Waals surface area (Å²) in [5, 5.41) is 0. The lowest BCUT2D eigenvalue weighted by molar-refractivity contribution is 0.0594. The molecule has 1 aromatic carbocycles. The Balaban J connectivity index is 3.55. The van der Waals surface area contributed by atoms with E-state index in [4.69, 9.17) is 0 Å². The van der Waals surface area contributed by atoms with Gasteiger partial charge >= 0.3 is 16.2 Å². The molecule has 92 valence electrons. The van der Waals surface area contributed by atoms with Crippen LogP contribution in [0.3, 0.4) is 0 Å². The number of carbonyl (C=O) groups is 1. The number of hydrogen-bond donors (Lipinski definition) is 0. The van der Waals surface area contributed by atoms with E-state index in [-0.39, 0.29) is 6.07 Å². The Morgan fingerprint density at radius 2 is 1.62 bits per heavy atom.